The molecule has 2 rings (SSSR count). The van der Waals surface area contributed by atoms with Crippen LogP contribution in [0.3, 0.4) is 0 Å². The van der Waals surface area contributed by atoms with Crippen LogP contribution in [-0.4, -0.2) is 9.78 Å². The maximum Gasteiger partial charge on any atom is 0.128 e. The number of halogens is 2. The highest BCUT2D eigenvalue weighted by atomic mass is 79.9. The van der Waals surface area contributed by atoms with Gasteiger partial charge >= 0.3 is 0 Å². The van der Waals surface area contributed by atoms with E-state index in [0.717, 1.165) is 15.9 Å². The summed E-state index contributed by atoms with van der Waals surface area (Å²) in [4.78, 5) is 0. The second-order valence-corrected chi connectivity index (χ2v) is 4.71. The standard InChI is InChI=1S/C12H12BrFN2/c1-8(2)16-11(7-12(13)15-16)9-4-3-5-10(14)6-9/h3-8H,1-2H3. The molecular formula is C12H12BrFN2. The molecule has 2 aromatic rings. The molecule has 0 atom stereocenters. The summed E-state index contributed by atoms with van der Waals surface area (Å²) in [6.07, 6.45) is 0. The van der Waals surface area contributed by atoms with Gasteiger partial charge in [-0.1, -0.05) is 12.1 Å². The van der Waals surface area contributed by atoms with Gasteiger partial charge in [-0.3, -0.25) is 4.68 Å². The zero-order valence-electron chi connectivity index (χ0n) is 9.11. The monoisotopic (exact) mass is 282 g/mol. The van der Waals surface area contributed by atoms with Crippen molar-refractivity contribution in [1.82, 2.24) is 9.78 Å². The van der Waals surface area contributed by atoms with Crippen molar-refractivity contribution < 1.29 is 4.39 Å². The summed E-state index contributed by atoms with van der Waals surface area (Å²) in [5.74, 6) is -0.231. The second kappa shape index (κ2) is 4.37. The van der Waals surface area contributed by atoms with Crippen molar-refractivity contribution >= 4 is 15.9 Å². The molecule has 0 aliphatic rings. The Hall–Kier alpha value is -1.16. The Morgan fingerprint density at radius 2 is 2.06 bits per heavy atom. The lowest BCUT2D eigenvalue weighted by Crippen LogP contribution is -2.04. The van der Waals surface area contributed by atoms with Crippen LogP contribution in [0.1, 0.15) is 19.9 Å². The van der Waals surface area contributed by atoms with Crippen molar-refractivity contribution in [3.8, 4) is 11.3 Å². The van der Waals surface area contributed by atoms with Gasteiger partial charge < -0.3 is 0 Å². The summed E-state index contributed by atoms with van der Waals surface area (Å²) in [7, 11) is 0. The van der Waals surface area contributed by atoms with Crippen LogP contribution < -0.4 is 0 Å². The van der Waals surface area contributed by atoms with E-state index in [1.54, 1.807) is 6.07 Å². The quantitative estimate of drug-likeness (QED) is 0.813. The molecule has 84 valence electrons. The van der Waals surface area contributed by atoms with E-state index in [2.05, 4.69) is 21.0 Å². The van der Waals surface area contributed by atoms with E-state index in [0.29, 0.717) is 0 Å². The van der Waals surface area contributed by atoms with Crippen LogP contribution in [0.4, 0.5) is 4.39 Å². The van der Waals surface area contributed by atoms with Gasteiger partial charge in [0.25, 0.3) is 0 Å². The topological polar surface area (TPSA) is 17.8 Å². The molecule has 0 unspecified atom stereocenters. The zero-order chi connectivity index (χ0) is 11.7. The first-order chi connectivity index (χ1) is 7.58. The Morgan fingerprint density at radius 3 is 2.69 bits per heavy atom. The fourth-order valence-corrected chi connectivity index (χ4v) is 2.01. The van der Waals surface area contributed by atoms with E-state index in [1.165, 1.54) is 12.1 Å². The summed E-state index contributed by atoms with van der Waals surface area (Å²) in [5.41, 5.74) is 1.76. The number of rotatable bonds is 2. The summed E-state index contributed by atoms with van der Waals surface area (Å²) in [5, 5.41) is 4.33. The Kier molecular flexibility index (Phi) is 3.10. The van der Waals surface area contributed by atoms with Crippen molar-refractivity contribution in [2.24, 2.45) is 0 Å². The Balaban J connectivity index is 2.55. The molecule has 2 nitrogen and oxygen atoms in total. The highest BCUT2D eigenvalue weighted by Gasteiger charge is 2.11. The maximum atomic E-state index is 13.2. The lowest BCUT2D eigenvalue weighted by molar-refractivity contribution is 0.535. The third kappa shape index (κ3) is 2.16. The Morgan fingerprint density at radius 1 is 1.31 bits per heavy atom. The largest absolute Gasteiger partial charge is 0.261 e. The molecule has 0 aliphatic heterocycles. The van der Waals surface area contributed by atoms with Crippen molar-refractivity contribution in [1.29, 1.82) is 0 Å². The van der Waals surface area contributed by atoms with Gasteiger partial charge in [0.15, 0.2) is 0 Å². The van der Waals surface area contributed by atoms with E-state index >= 15 is 0 Å². The first-order valence-electron chi connectivity index (χ1n) is 5.09. The van der Waals surface area contributed by atoms with Gasteiger partial charge in [0.05, 0.1) is 5.69 Å². The van der Waals surface area contributed by atoms with E-state index < -0.39 is 0 Å². The molecule has 0 bridgehead atoms. The average Bonchev–Trinajstić information content (AvgIpc) is 2.60. The summed E-state index contributed by atoms with van der Waals surface area (Å²) in [6, 6.07) is 8.68. The second-order valence-electron chi connectivity index (χ2n) is 3.90. The van der Waals surface area contributed by atoms with E-state index in [1.807, 2.05) is 30.7 Å². The first kappa shape index (κ1) is 11.3. The van der Waals surface area contributed by atoms with Gasteiger partial charge in [-0.15, -0.1) is 0 Å². The maximum absolute atomic E-state index is 13.2. The predicted molar refractivity (Wildman–Crippen MR) is 65.7 cm³/mol. The van der Waals surface area contributed by atoms with Crippen LogP contribution in [0.2, 0.25) is 0 Å². The fourth-order valence-electron chi connectivity index (χ4n) is 1.62. The number of nitrogens with zero attached hydrogens (tertiary/aromatic N) is 2. The molecule has 4 heteroatoms. The molecule has 0 aliphatic carbocycles. The minimum Gasteiger partial charge on any atom is -0.261 e. The highest BCUT2D eigenvalue weighted by Crippen LogP contribution is 2.26. The van der Waals surface area contributed by atoms with Crippen molar-refractivity contribution in [3.63, 3.8) is 0 Å². The van der Waals surface area contributed by atoms with E-state index in [-0.39, 0.29) is 11.9 Å². The van der Waals surface area contributed by atoms with Crippen LogP contribution in [0.25, 0.3) is 11.3 Å². The van der Waals surface area contributed by atoms with Crippen molar-refractivity contribution in [2.45, 2.75) is 19.9 Å². The highest BCUT2D eigenvalue weighted by molar-refractivity contribution is 9.10. The van der Waals surface area contributed by atoms with Gasteiger partial charge in [-0.2, -0.15) is 5.10 Å². The number of aromatic nitrogens is 2. The third-order valence-electron chi connectivity index (χ3n) is 2.32. The summed E-state index contributed by atoms with van der Waals surface area (Å²) < 4.78 is 15.8. The molecule has 0 N–H and O–H groups in total. The number of benzene rings is 1. The van der Waals surface area contributed by atoms with Crippen LogP contribution in [-0.2, 0) is 0 Å². The van der Waals surface area contributed by atoms with E-state index in [4.69, 9.17) is 0 Å². The molecular weight excluding hydrogens is 271 g/mol. The van der Waals surface area contributed by atoms with Gasteiger partial charge in [0.1, 0.15) is 10.4 Å². The molecule has 16 heavy (non-hydrogen) atoms. The molecule has 0 fully saturated rings. The normalized spacial score (nSPS) is 11.1. The molecule has 1 aromatic carbocycles. The Labute approximate surface area is 102 Å². The summed E-state index contributed by atoms with van der Waals surface area (Å²) >= 11 is 3.34. The lowest BCUT2D eigenvalue weighted by atomic mass is 10.1. The number of hydrogen-bond donors (Lipinski definition) is 0. The van der Waals surface area contributed by atoms with Crippen LogP contribution in [0.15, 0.2) is 34.9 Å². The molecule has 1 aromatic heterocycles. The molecule has 1 heterocycles. The smallest absolute Gasteiger partial charge is 0.128 e. The average molecular weight is 283 g/mol. The minimum absolute atomic E-state index is 0.231. The van der Waals surface area contributed by atoms with Crippen LogP contribution in [0.5, 0.6) is 0 Å². The fraction of sp³-hybridized carbons (Fsp3) is 0.250. The van der Waals surface area contributed by atoms with Gasteiger partial charge in [0.2, 0.25) is 0 Å². The van der Waals surface area contributed by atoms with E-state index in [9.17, 15) is 4.39 Å². The van der Waals surface area contributed by atoms with Crippen LogP contribution >= 0.6 is 15.9 Å². The van der Waals surface area contributed by atoms with Crippen LogP contribution in [0, 0.1) is 5.82 Å². The molecule has 0 radical (unpaired) electrons. The van der Waals surface area contributed by atoms with Gasteiger partial charge in [0, 0.05) is 11.6 Å². The molecule has 0 saturated carbocycles. The molecule has 0 amide bonds. The SMILES string of the molecule is CC(C)n1nc(Br)cc1-c1cccc(F)c1. The third-order valence-corrected chi connectivity index (χ3v) is 2.70. The van der Waals surface area contributed by atoms with Gasteiger partial charge in [-0.25, -0.2) is 4.39 Å². The summed E-state index contributed by atoms with van der Waals surface area (Å²) in [6.45, 7) is 4.09. The minimum atomic E-state index is -0.231. The number of hydrogen-bond acceptors (Lipinski definition) is 1. The predicted octanol–water partition coefficient (Wildman–Crippen LogP) is 4.03. The molecule has 0 saturated heterocycles. The Bertz CT molecular complexity index is 505. The first-order valence-corrected chi connectivity index (χ1v) is 5.88. The lowest BCUT2D eigenvalue weighted by Gasteiger charge is -2.10. The van der Waals surface area contributed by atoms with Crippen molar-refractivity contribution in [2.75, 3.05) is 0 Å². The molecule has 0 spiro atoms. The van der Waals surface area contributed by atoms with Crippen molar-refractivity contribution in [3.05, 3.63) is 40.8 Å². The van der Waals surface area contributed by atoms with Gasteiger partial charge in [-0.05, 0) is 48.0 Å². The zero-order valence-corrected chi connectivity index (χ0v) is 10.7.